The summed E-state index contributed by atoms with van der Waals surface area (Å²) in [5.74, 6) is -0.688. The standard InChI is InChI=1S/C19H17N3O5/c1-21-8-9-26-15-7-6-12(10-13(15)18(21)24)20-17(23)11-22-14-4-2-3-5-16(14)27-19(22)25/h2-7,10H,8-9,11H2,1H3,(H,20,23). The molecule has 4 rings (SSSR count). The molecular formula is C19H17N3O5. The Hall–Kier alpha value is -3.55. The van der Waals surface area contributed by atoms with Crippen molar-refractivity contribution in [2.24, 2.45) is 0 Å². The van der Waals surface area contributed by atoms with Gasteiger partial charge in [-0.2, -0.15) is 0 Å². The molecule has 138 valence electrons. The summed E-state index contributed by atoms with van der Waals surface area (Å²) in [7, 11) is 1.70. The van der Waals surface area contributed by atoms with E-state index in [1.165, 1.54) is 4.57 Å². The summed E-state index contributed by atoms with van der Waals surface area (Å²) >= 11 is 0. The van der Waals surface area contributed by atoms with Crippen LogP contribution in [0.4, 0.5) is 5.69 Å². The van der Waals surface area contributed by atoms with E-state index in [4.69, 9.17) is 9.15 Å². The van der Waals surface area contributed by atoms with Crippen molar-refractivity contribution in [1.82, 2.24) is 9.47 Å². The molecule has 1 N–H and O–H groups in total. The van der Waals surface area contributed by atoms with E-state index in [0.717, 1.165) is 0 Å². The van der Waals surface area contributed by atoms with E-state index in [1.807, 2.05) is 0 Å². The highest BCUT2D eigenvalue weighted by atomic mass is 16.5. The zero-order valence-electron chi connectivity index (χ0n) is 14.6. The Morgan fingerprint density at radius 2 is 2.00 bits per heavy atom. The lowest BCUT2D eigenvalue weighted by atomic mass is 10.1. The molecule has 0 atom stereocenters. The molecule has 1 aliphatic rings. The molecule has 0 bridgehead atoms. The van der Waals surface area contributed by atoms with Gasteiger partial charge < -0.3 is 19.4 Å². The van der Waals surface area contributed by atoms with Crippen LogP contribution in [-0.4, -0.2) is 41.5 Å². The van der Waals surface area contributed by atoms with Gasteiger partial charge in [-0.3, -0.25) is 14.2 Å². The van der Waals surface area contributed by atoms with Crippen LogP contribution in [0.5, 0.6) is 5.75 Å². The number of carbonyl (C=O) groups is 2. The lowest BCUT2D eigenvalue weighted by Gasteiger charge is -2.13. The van der Waals surface area contributed by atoms with Gasteiger partial charge in [-0.05, 0) is 30.3 Å². The average Bonchev–Trinajstić information content (AvgIpc) is 2.89. The number of rotatable bonds is 3. The van der Waals surface area contributed by atoms with Gasteiger partial charge in [0.1, 0.15) is 18.9 Å². The fourth-order valence-electron chi connectivity index (χ4n) is 3.01. The fourth-order valence-corrected chi connectivity index (χ4v) is 3.01. The molecule has 0 aliphatic carbocycles. The second-order valence-electron chi connectivity index (χ2n) is 6.26. The number of oxazole rings is 1. The summed E-state index contributed by atoms with van der Waals surface area (Å²) in [4.78, 5) is 38.4. The summed E-state index contributed by atoms with van der Waals surface area (Å²) in [5.41, 5.74) is 1.81. The van der Waals surface area contributed by atoms with E-state index < -0.39 is 11.7 Å². The van der Waals surface area contributed by atoms with Crippen LogP contribution in [0.15, 0.2) is 51.7 Å². The number of fused-ring (bicyclic) bond motifs is 2. The maximum Gasteiger partial charge on any atom is 0.420 e. The van der Waals surface area contributed by atoms with Crippen LogP contribution in [0, 0.1) is 0 Å². The maximum absolute atomic E-state index is 12.4. The predicted octanol–water partition coefficient (Wildman–Crippen LogP) is 1.70. The molecule has 2 heterocycles. The number of para-hydroxylation sites is 2. The normalized spacial score (nSPS) is 13.8. The van der Waals surface area contributed by atoms with Crippen LogP contribution in [0.25, 0.3) is 11.1 Å². The third-order valence-electron chi connectivity index (χ3n) is 4.40. The number of hydrogen-bond donors (Lipinski definition) is 1. The molecule has 8 nitrogen and oxygen atoms in total. The first kappa shape index (κ1) is 16.9. The van der Waals surface area contributed by atoms with Crippen molar-refractivity contribution in [3.05, 3.63) is 58.6 Å². The molecule has 1 aliphatic heterocycles. The maximum atomic E-state index is 12.4. The van der Waals surface area contributed by atoms with Crippen molar-refractivity contribution >= 4 is 28.6 Å². The van der Waals surface area contributed by atoms with E-state index in [1.54, 1.807) is 54.4 Å². The highest BCUT2D eigenvalue weighted by Crippen LogP contribution is 2.26. The number of nitrogens with zero attached hydrogens (tertiary/aromatic N) is 2. The van der Waals surface area contributed by atoms with Gasteiger partial charge >= 0.3 is 5.76 Å². The molecule has 2 amide bonds. The fraction of sp³-hybridized carbons (Fsp3) is 0.211. The van der Waals surface area contributed by atoms with Crippen molar-refractivity contribution in [2.75, 3.05) is 25.5 Å². The Bertz CT molecular complexity index is 1100. The minimum absolute atomic E-state index is 0.171. The lowest BCUT2D eigenvalue weighted by molar-refractivity contribution is -0.116. The van der Waals surface area contributed by atoms with E-state index >= 15 is 0 Å². The minimum Gasteiger partial charge on any atom is -0.491 e. The van der Waals surface area contributed by atoms with Gasteiger partial charge in [0.2, 0.25) is 5.91 Å². The van der Waals surface area contributed by atoms with Gasteiger partial charge in [0.15, 0.2) is 5.58 Å². The van der Waals surface area contributed by atoms with E-state index in [-0.39, 0.29) is 12.5 Å². The van der Waals surface area contributed by atoms with Crippen LogP contribution in [0.1, 0.15) is 10.4 Å². The molecule has 1 aromatic heterocycles. The van der Waals surface area contributed by atoms with Gasteiger partial charge in [0, 0.05) is 12.7 Å². The second-order valence-corrected chi connectivity index (χ2v) is 6.26. The summed E-state index contributed by atoms with van der Waals surface area (Å²) in [6.07, 6.45) is 0. The lowest BCUT2D eigenvalue weighted by Crippen LogP contribution is -2.28. The largest absolute Gasteiger partial charge is 0.491 e. The van der Waals surface area contributed by atoms with Crippen LogP contribution in [-0.2, 0) is 11.3 Å². The minimum atomic E-state index is -0.599. The molecule has 2 aromatic carbocycles. The highest BCUT2D eigenvalue weighted by molar-refractivity contribution is 5.99. The summed E-state index contributed by atoms with van der Waals surface area (Å²) < 4.78 is 12.0. The van der Waals surface area contributed by atoms with Crippen molar-refractivity contribution < 1.29 is 18.7 Å². The molecule has 0 fully saturated rings. The van der Waals surface area contributed by atoms with Gasteiger partial charge in [-0.15, -0.1) is 0 Å². The zero-order chi connectivity index (χ0) is 19.0. The van der Waals surface area contributed by atoms with E-state index in [2.05, 4.69) is 5.32 Å². The van der Waals surface area contributed by atoms with Gasteiger partial charge in [-0.1, -0.05) is 12.1 Å². The first-order chi connectivity index (χ1) is 13.0. The smallest absolute Gasteiger partial charge is 0.420 e. The molecule has 3 aromatic rings. The van der Waals surface area contributed by atoms with Crippen molar-refractivity contribution in [3.63, 3.8) is 0 Å². The molecule has 0 spiro atoms. The highest BCUT2D eigenvalue weighted by Gasteiger charge is 2.21. The topological polar surface area (TPSA) is 93.8 Å². The number of amides is 2. The molecule has 27 heavy (non-hydrogen) atoms. The molecule has 0 unspecified atom stereocenters. The van der Waals surface area contributed by atoms with Gasteiger partial charge in [-0.25, -0.2) is 4.79 Å². The molecule has 0 radical (unpaired) electrons. The van der Waals surface area contributed by atoms with Crippen LogP contribution >= 0.6 is 0 Å². The SMILES string of the molecule is CN1CCOc2ccc(NC(=O)Cn3c(=O)oc4ccccc43)cc2C1=O. The Labute approximate surface area is 153 Å². The summed E-state index contributed by atoms with van der Waals surface area (Å²) in [5, 5.41) is 2.71. The average molecular weight is 367 g/mol. The third kappa shape index (κ3) is 3.17. The Balaban J connectivity index is 1.57. The van der Waals surface area contributed by atoms with Crippen LogP contribution < -0.4 is 15.8 Å². The number of likely N-dealkylation sites (N-methyl/N-ethyl adjacent to an activating group) is 1. The summed E-state index contributed by atoms with van der Waals surface area (Å²) in [6, 6.07) is 11.8. The van der Waals surface area contributed by atoms with E-state index in [0.29, 0.717) is 41.3 Å². The number of carbonyl (C=O) groups excluding carboxylic acids is 2. The zero-order valence-corrected chi connectivity index (χ0v) is 14.6. The number of aromatic nitrogens is 1. The Kier molecular flexibility index (Phi) is 4.15. The van der Waals surface area contributed by atoms with Crippen molar-refractivity contribution in [1.29, 1.82) is 0 Å². The Morgan fingerprint density at radius 1 is 1.19 bits per heavy atom. The quantitative estimate of drug-likeness (QED) is 0.760. The predicted molar refractivity (Wildman–Crippen MR) is 98.0 cm³/mol. The van der Waals surface area contributed by atoms with Gasteiger partial charge in [0.25, 0.3) is 5.91 Å². The number of ether oxygens (including phenoxy) is 1. The molecule has 0 saturated carbocycles. The first-order valence-electron chi connectivity index (χ1n) is 8.43. The monoisotopic (exact) mass is 367 g/mol. The summed E-state index contributed by atoms with van der Waals surface area (Å²) in [6.45, 7) is 0.709. The number of benzene rings is 2. The number of anilines is 1. The first-order valence-corrected chi connectivity index (χ1v) is 8.43. The molecule has 8 heteroatoms. The van der Waals surface area contributed by atoms with Gasteiger partial charge in [0.05, 0.1) is 17.6 Å². The molecular weight excluding hydrogens is 350 g/mol. The van der Waals surface area contributed by atoms with Crippen LogP contribution in [0.2, 0.25) is 0 Å². The van der Waals surface area contributed by atoms with Crippen molar-refractivity contribution in [3.8, 4) is 5.75 Å². The number of hydrogen-bond acceptors (Lipinski definition) is 5. The third-order valence-corrected chi connectivity index (χ3v) is 4.40. The Morgan fingerprint density at radius 3 is 2.85 bits per heavy atom. The van der Waals surface area contributed by atoms with Crippen LogP contribution in [0.3, 0.4) is 0 Å². The van der Waals surface area contributed by atoms with E-state index in [9.17, 15) is 14.4 Å². The molecule has 0 saturated heterocycles. The van der Waals surface area contributed by atoms with Crippen molar-refractivity contribution in [2.45, 2.75) is 6.54 Å². The number of nitrogens with one attached hydrogen (secondary N) is 1. The second kappa shape index (κ2) is 6.64.